The lowest BCUT2D eigenvalue weighted by Crippen LogP contribution is -2.09. The normalized spacial score (nSPS) is 15.2. The van der Waals surface area contributed by atoms with Crippen molar-refractivity contribution >= 4 is 10.9 Å². The first-order valence-corrected chi connectivity index (χ1v) is 9.27. The van der Waals surface area contributed by atoms with Crippen LogP contribution in [-0.2, 0) is 6.54 Å². The highest BCUT2D eigenvalue weighted by Gasteiger charge is 2.24. The lowest BCUT2D eigenvalue weighted by Gasteiger charge is -2.13. The maximum atomic E-state index is 12.6. The highest BCUT2D eigenvalue weighted by Crippen LogP contribution is 2.37. The van der Waals surface area contributed by atoms with Gasteiger partial charge in [-0.1, -0.05) is 26.7 Å². The minimum atomic E-state index is -0.151. The first-order chi connectivity index (χ1) is 12.6. The van der Waals surface area contributed by atoms with Crippen molar-refractivity contribution < 1.29 is 0 Å². The summed E-state index contributed by atoms with van der Waals surface area (Å²) in [7, 11) is 0. The number of hydrogen-bond acceptors (Lipinski definition) is 3. The van der Waals surface area contributed by atoms with Gasteiger partial charge in [0.25, 0.3) is 5.56 Å². The molecule has 0 bridgehead atoms. The van der Waals surface area contributed by atoms with E-state index in [4.69, 9.17) is 0 Å². The van der Waals surface area contributed by atoms with Gasteiger partial charge in [-0.05, 0) is 18.8 Å². The molecule has 0 saturated heterocycles. The molecule has 0 atom stereocenters. The predicted molar refractivity (Wildman–Crippen MR) is 101 cm³/mol. The second-order valence-electron chi connectivity index (χ2n) is 7.60. The number of pyridine rings is 1. The molecule has 0 aliphatic heterocycles. The van der Waals surface area contributed by atoms with Crippen molar-refractivity contribution in [2.75, 3.05) is 0 Å². The Morgan fingerprint density at radius 1 is 1.35 bits per heavy atom. The molecule has 3 heterocycles. The highest BCUT2D eigenvalue weighted by molar-refractivity contribution is 5.97. The van der Waals surface area contributed by atoms with Crippen LogP contribution in [0.25, 0.3) is 22.0 Å². The van der Waals surface area contributed by atoms with Crippen LogP contribution in [0.2, 0.25) is 0 Å². The number of nitrogens with one attached hydrogen (secondary N) is 1. The van der Waals surface area contributed by atoms with Crippen LogP contribution in [0.4, 0.5) is 0 Å². The minimum absolute atomic E-state index is 0.151. The van der Waals surface area contributed by atoms with Gasteiger partial charge in [-0.15, -0.1) is 0 Å². The number of aromatic nitrogens is 4. The fraction of sp³-hybridized carbons (Fsp3) is 0.450. The second kappa shape index (κ2) is 6.49. The lowest BCUT2D eigenvalue weighted by atomic mass is 10.1. The summed E-state index contributed by atoms with van der Waals surface area (Å²) in [6.45, 7) is 5.13. The molecular weight excluding hydrogens is 326 g/mol. The fourth-order valence-corrected chi connectivity index (χ4v) is 4.06. The van der Waals surface area contributed by atoms with Gasteiger partial charge in [-0.3, -0.25) is 9.48 Å². The Morgan fingerprint density at radius 3 is 2.81 bits per heavy atom. The summed E-state index contributed by atoms with van der Waals surface area (Å²) in [5.41, 5.74) is 2.91. The third kappa shape index (κ3) is 2.74. The van der Waals surface area contributed by atoms with Crippen molar-refractivity contribution in [2.24, 2.45) is 5.92 Å². The molecule has 0 spiro atoms. The smallest absolute Gasteiger partial charge is 0.258 e. The molecule has 6 nitrogen and oxygen atoms in total. The van der Waals surface area contributed by atoms with Crippen LogP contribution >= 0.6 is 0 Å². The summed E-state index contributed by atoms with van der Waals surface area (Å²) in [6.07, 6.45) is 11.9. The fourth-order valence-electron chi connectivity index (χ4n) is 4.06. The molecule has 0 amide bonds. The van der Waals surface area contributed by atoms with Crippen LogP contribution < -0.4 is 5.56 Å². The molecule has 4 rings (SSSR count). The van der Waals surface area contributed by atoms with Crippen molar-refractivity contribution in [1.29, 1.82) is 5.26 Å². The van der Waals surface area contributed by atoms with E-state index in [1.807, 2.05) is 23.3 Å². The standard InChI is InChI=1S/C20H23N5O/c1-13(2)10-24-11-15(9-23-24)17-12-25(16-5-3-4-6-16)19-14(7-21)8-22-20(26)18(17)19/h8-9,11-13,16H,3-6,10H2,1-2H3,(H,22,26). The summed E-state index contributed by atoms with van der Waals surface area (Å²) >= 11 is 0. The third-order valence-electron chi connectivity index (χ3n) is 5.20. The Labute approximate surface area is 152 Å². The van der Waals surface area contributed by atoms with Gasteiger partial charge in [0.1, 0.15) is 6.07 Å². The number of rotatable bonds is 4. The Balaban J connectivity index is 1.94. The number of nitriles is 1. The Morgan fingerprint density at radius 2 is 2.12 bits per heavy atom. The average molecular weight is 349 g/mol. The van der Waals surface area contributed by atoms with Crippen molar-refractivity contribution in [2.45, 2.75) is 52.1 Å². The van der Waals surface area contributed by atoms with E-state index < -0.39 is 0 Å². The number of aromatic amines is 1. The zero-order chi connectivity index (χ0) is 18.3. The maximum absolute atomic E-state index is 12.6. The van der Waals surface area contributed by atoms with E-state index in [0.717, 1.165) is 36.0 Å². The lowest BCUT2D eigenvalue weighted by molar-refractivity contribution is 0.483. The molecule has 3 aromatic heterocycles. The molecule has 134 valence electrons. The SMILES string of the molecule is CC(C)Cn1cc(-c2cn(C3CCCC3)c3c(C#N)c[nH]c(=O)c23)cn1. The van der Waals surface area contributed by atoms with Crippen LogP contribution in [0.5, 0.6) is 0 Å². The van der Waals surface area contributed by atoms with Gasteiger partial charge in [-0.25, -0.2) is 0 Å². The van der Waals surface area contributed by atoms with Gasteiger partial charge in [-0.2, -0.15) is 10.4 Å². The molecular formula is C20H23N5O. The van der Waals surface area contributed by atoms with Crippen LogP contribution in [-0.4, -0.2) is 19.3 Å². The van der Waals surface area contributed by atoms with Crippen LogP contribution in [0.1, 0.15) is 51.1 Å². The van der Waals surface area contributed by atoms with Crippen molar-refractivity contribution in [3.05, 3.63) is 40.7 Å². The molecule has 1 fully saturated rings. The monoisotopic (exact) mass is 349 g/mol. The zero-order valence-electron chi connectivity index (χ0n) is 15.2. The van der Waals surface area contributed by atoms with E-state index in [1.54, 1.807) is 0 Å². The van der Waals surface area contributed by atoms with Gasteiger partial charge < -0.3 is 9.55 Å². The molecule has 0 radical (unpaired) electrons. The Hall–Kier alpha value is -2.81. The molecule has 0 unspecified atom stereocenters. The molecule has 3 aromatic rings. The van der Waals surface area contributed by atoms with Crippen LogP contribution in [0.15, 0.2) is 29.6 Å². The van der Waals surface area contributed by atoms with Gasteiger partial charge in [0.05, 0.1) is 22.7 Å². The zero-order valence-corrected chi connectivity index (χ0v) is 15.2. The summed E-state index contributed by atoms with van der Waals surface area (Å²) in [5, 5.41) is 14.6. The van der Waals surface area contributed by atoms with Gasteiger partial charge in [0, 0.05) is 42.3 Å². The van der Waals surface area contributed by atoms with Crippen molar-refractivity contribution in [3.8, 4) is 17.2 Å². The summed E-state index contributed by atoms with van der Waals surface area (Å²) < 4.78 is 4.08. The largest absolute Gasteiger partial charge is 0.342 e. The first kappa shape index (κ1) is 16.6. The van der Waals surface area contributed by atoms with Crippen molar-refractivity contribution in [3.63, 3.8) is 0 Å². The van der Waals surface area contributed by atoms with Crippen LogP contribution in [0, 0.1) is 17.2 Å². The predicted octanol–water partition coefficient (Wildman–Crippen LogP) is 3.84. The number of H-pyrrole nitrogens is 1. The molecule has 1 saturated carbocycles. The molecule has 0 aromatic carbocycles. The molecule has 1 N–H and O–H groups in total. The van der Waals surface area contributed by atoms with Crippen molar-refractivity contribution in [1.82, 2.24) is 19.3 Å². The topological polar surface area (TPSA) is 79.4 Å². The highest BCUT2D eigenvalue weighted by atomic mass is 16.1. The maximum Gasteiger partial charge on any atom is 0.258 e. The molecule has 1 aliphatic rings. The van der Waals surface area contributed by atoms with Gasteiger partial charge >= 0.3 is 0 Å². The second-order valence-corrected chi connectivity index (χ2v) is 7.60. The first-order valence-electron chi connectivity index (χ1n) is 9.27. The quantitative estimate of drug-likeness (QED) is 0.777. The van der Waals surface area contributed by atoms with Gasteiger partial charge in [0.15, 0.2) is 0 Å². The van der Waals surface area contributed by atoms with Crippen LogP contribution in [0.3, 0.4) is 0 Å². The minimum Gasteiger partial charge on any atom is -0.342 e. The van der Waals surface area contributed by atoms with E-state index in [0.29, 0.717) is 22.9 Å². The third-order valence-corrected chi connectivity index (χ3v) is 5.20. The number of fused-ring (bicyclic) bond motifs is 1. The van der Waals surface area contributed by atoms with E-state index in [9.17, 15) is 10.1 Å². The molecule has 26 heavy (non-hydrogen) atoms. The summed E-state index contributed by atoms with van der Waals surface area (Å²) in [4.78, 5) is 15.4. The van der Waals surface area contributed by atoms with E-state index in [1.165, 1.54) is 19.0 Å². The summed E-state index contributed by atoms with van der Waals surface area (Å²) in [6, 6.07) is 2.60. The Bertz CT molecular complexity index is 1040. The van der Waals surface area contributed by atoms with E-state index in [-0.39, 0.29) is 5.56 Å². The van der Waals surface area contributed by atoms with E-state index in [2.05, 4.69) is 34.6 Å². The summed E-state index contributed by atoms with van der Waals surface area (Å²) in [5.74, 6) is 0.496. The number of hydrogen-bond donors (Lipinski definition) is 1. The molecule has 6 heteroatoms. The number of nitrogens with zero attached hydrogens (tertiary/aromatic N) is 4. The average Bonchev–Trinajstić information content (AvgIpc) is 3.33. The molecule has 1 aliphatic carbocycles. The Kier molecular flexibility index (Phi) is 4.15. The van der Waals surface area contributed by atoms with E-state index >= 15 is 0 Å². The van der Waals surface area contributed by atoms with Gasteiger partial charge in [0.2, 0.25) is 0 Å².